The van der Waals surface area contributed by atoms with E-state index in [9.17, 15) is 18.0 Å². The van der Waals surface area contributed by atoms with Gasteiger partial charge in [0, 0.05) is 18.0 Å². The summed E-state index contributed by atoms with van der Waals surface area (Å²) in [6, 6.07) is 7.72. The standard InChI is InChI=1S/C20H15F3N6O/c1-12-9-24-11-17(26-12)28-19(30)15-10-25-29-7-6-16(27-18(15)29)14-5-3-2-4-13(14)8-20(21,22)23/h2-7,9-11H,8H2,1H3,(H,26,28,30). The van der Waals surface area contributed by atoms with Gasteiger partial charge in [-0.05, 0) is 18.6 Å². The molecule has 0 aliphatic heterocycles. The van der Waals surface area contributed by atoms with Crippen LogP contribution in [0, 0.1) is 6.92 Å². The first-order valence-electron chi connectivity index (χ1n) is 8.89. The van der Waals surface area contributed by atoms with Gasteiger partial charge in [0.05, 0.1) is 30.2 Å². The van der Waals surface area contributed by atoms with Crippen molar-refractivity contribution < 1.29 is 18.0 Å². The molecule has 4 aromatic rings. The van der Waals surface area contributed by atoms with Crippen molar-refractivity contribution in [2.45, 2.75) is 19.5 Å². The minimum Gasteiger partial charge on any atom is -0.305 e. The van der Waals surface area contributed by atoms with Crippen molar-refractivity contribution in [1.82, 2.24) is 24.6 Å². The van der Waals surface area contributed by atoms with E-state index in [0.29, 0.717) is 17.0 Å². The van der Waals surface area contributed by atoms with Crippen LogP contribution in [0.1, 0.15) is 21.6 Å². The fourth-order valence-electron chi connectivity index (χ4n) is 3.03. The second kappa shape index (κ2) is 7.54. The third kappa shape index (κ3) is 4.12. The zero-order chi connectivity index (χ0) is 21.3. The molecule has 0 radical (unpaired) electrons. The molecule has 0 saturated carbocycles. The Morgan fingerprint density at radius 3 is 2.67 bits per heavy atom. The summed E-state index contributed by atoms with van der Waals surface area (Å²) in [7, 11) is 0. The van der Waals surface area contributed by atoms with E-state index in [0.717, 1.165) is 0 Å². The largest absolute Gasteiger partial charge is 0.393 e. The van der Waals surface area contributed by atoms with Crippen LogP contribution in [0.4, 0.5) is 19.0 Å². The highest BCUT2D eigenvalue weighted by Gasteiger charge is 2.29. The Morgan fingerprint density at radius 2 is 1.90 bits per heavy atom. The molecule has 1 N–H and O–H groups in total. The van der Waals surface area contributed by atoms with Gasteiger partial charge in [0.25, 0.3) is 5.91 Å². The number of nitrogens with one attached hydrogen (secondary N) is 1. The first-order chi connectivity index (χ1) is 14.3. The number of fused-ring (bicyclic) bond motifs is 1. The molecule has 0 bridgehead atoms. The number of benzene rings is 1. The molecule has 10 heteroatoms. The van der Waals surface area contributed by atoms with Crippen LogP contribution in [0.5, 0.6) is 0 Å². The predicted molar refractivity (Wildman–Crippen MR) is 103 cm³/mol. The number of hydrogen-bond acceptors (Lipinski definition) is 5. The van der Waals surface area contributed by atoms with E-state index in [1.165, 1.54) is 23.0 Å². The van der Waals surface area contributed by atoms with Crippen molar-refractivity contribution in [2.24, 2.45) is 0 Å². The van der Waals surface area contributed by atoms with Crippen LogP contribution in [0.2, 0.25) is 0 Å². The van der Waals surface area contributed by atoms with Crippen molar-refractivity contribution >= 4 is 17.4 Å². The number of anilines is 1. The Balaban J connectivity index is 1.71. The van der Waals surface area contributed by atoms with E-state index >= 15 is 0 Å². The summed E-state index contributed by atoms with van der Waals surface area (Å²) in [4.78, 5) is 25.2. The molecular weight excluding hydrogens is 397 g/mol. The summed E-state index contributed by atoms with van der Waals surface area (Å²) in [5, 5.41) is 6.72. The van der Waals surface area contributed by atoms with E-state index in [1.807, 2.05) is 0 Å². The zero-order valence-electron chi connectivity index (χ0n) is 15.7. The first kappa shape index (κ1) is 19.5. The number of amides is 1. The molecule has 3 heterocycles. The SMILES string of the molecule is Cc1cncc(NC(=O)c2cnn3ccc(-c4ccccc4CC(F)(F)F)nc23)n1. The number of rotatable bonds is 4. The lowest BCUT2D eigenvalue weighted by Crippen LogP contribution is -2.14. The van der Waals surface area contributed by atoms with Gasteiger partial charge in [0.2, 0.25) is 0 Å². The van der Waals surface area contributed by atoms with Gasteiger partial charge in [0.15, 0.2) is 11.5 Å². The number of aryl methyl sites for hydroxylation is 1. The average molecular weight is 412 g/mol. The van der Waals surface area contributed by atoms with Crippen molar-refractivity contribution in [1.29, 1.82) is 0 Å². The molecule has 152 valence electrons. The average Bonchev–Trinajstić information content (AvgIpc) is 3.10. The van der Waals surface area contributed by atoms with E-state index in [1.54, 1.807) is 43.6 Å². The van der Waals surface area contributed by atoms with Crippen molar-refractivity contribution in [3.63, 3.8) is 0 Å². The third-order valence-electron chi connectivity index (χ3n) is 4.29. The lowest BCUT2D eigenvalue weighted by Gasteiger charge is -2.11. The summed E-state index contributed by atoms with van der Waals surface area (Å²) in [5.41, 5.74) is 1.76. The third-order valence-corrected chi connectivity index (χ3v) is 4.29. The van der Waals surface area contributed by atoms with E-state index in [2.05, 4.69) is 25.4 Å². The van der Waals surface area contributed by atoms with Crippen molar-refractivity contribution in [3.05, 3.63) is 71.9 Å². The predicted octanol–water partition coefficient (Wildman–Crippen LogP) is 3.85. The van der Waals surface area contributed by atoms with Crippen LogP contribution in [0.15, 0.2) is 55.1 Å². The van der Waals surface area contributed by atoms with Gasteiger partial charge in [-0.25, -0.2) is 14.5 Å². The van der Waals surface area contributed by atoms with Gasteiger partial charge in [-0.15, -0.1) is 0 Å². The molecular formula is C20H15F3N6O. The second-order valence-corrected chi connectivity index (χ2v) is 6.59. The number of carbonyl (C=O) groups is 1. The maximum absolute atomic E-state index is 12.9. The summed E-state index contributed by atoms with van der Waals surface area (Å²) in [6.07, 6.45) is 0.420. The molecule has 30 heavy (non-hydrogen) atoms. The summed E-state index contributed by atoms with van der Waals surface area (Å²) in [6.45, 7) is 1.74. The van der Waals surface area contributed by atoms with Gasteiger partial charge in [-0.1, -0.05) is 24.3 Å². The number of aromatic nitrogens is 5. The molecule has 0 spiro atoms. The Kier molecular flexibility index (Phi) is 4.90. The number of carbonyl (C=O) groups excluding carboxylic acids is 1. The fraction of sp³-hybridized carbons (Fsp3) is 0.150. The molecule has 1 aromatic carbocycles. The van der Waals surface area contributed by atoms with E-state index in [4.69, 9.17) is 0 Å². The van der Waals surface area contributed by atoms with Crippen molar-refractivity contribution in [2.75, 3.05) is 5.32 Å². The minimum atomic E-state index is -4.35. The molecule has 0 fully saturated rings. The molecule has 0 aliphatic rings. The molecule has 0 unspecified atom stereocenters. The Bertz CT molecular complexity index is 1230. The van der Waals surface area contributed by atoms with E-state index in [-0.39, 0.29) is 22.6 Å². The molecule has 1 amide bonds. The molecule has 3 aromatic heterocycles. The Hall–Kier alpha value is -3.82. The molecule has 0 aliphatic carbocycles. The highest BCUT2D eigenvalue weighted by atomic mass is 19.4. The van der Waals surface area contributed by atoms with Gasteiger partial charge < -0.3 is 5.32 Å². The topological polar surface area (TPSA) is 85.1 Å². The highest BCUT2D eigenvalue weighted by molar-refractivity contribution is 6.07. The smallest absolute Gasteiger partial charge is 0.305 e. The van der Waals surface area contributed by atoms with Crippen LogP contribution >= 0.6 is 0 Å². The van der Waals surface area contributed by atoms with Crippen LogP contribution in [-0.4, -0.2) is 36.6 Å². The lowest BCUT2D eigenvalue weighted by atomic mass is 10.0. The number of halogens is 3. The van der Waals surface area contributed by atoms with Crippen LogP contribution in [0.3, 0.4) is 0 Å². The van der Waals surface area contributed by atoms with Gasteiger partial charge in [-0.3, -0.25) is 9.78 Å². The Labute approximate surface area is 168 Å². The quantitative estimate of drug-likeness (QED) is 0.550. The van der Waals surface area contributed by atoms with Crippen molar-refractivity contribution in [3.8, 4) is 11.3 Å². The molecule has 0 atom stereocenters. The summed E-state index contributed by atoms with van der Waals surface area (Å²) in [5.74, 6) is -0.232. The second-order valence-electron chi connectivity index (χ2n) is 6.59. The number of alkyl halides is 3. The first-order valence-corrected chi connectivity index (χ1v) is 8.89. The van der Waals surface area contributed by atoms with Gasteiger partial charge >= 0.3 is 6.18 Å². The van der Waals surface area contributed by atoms with Crippen LogP contribution in [-0.2, 0) is 6.42 Å². The maximum atomic E-state index is 12.9. The van der Waals surface area contributed by atoms with Gasteiger partial charge in [-0.2, -0.15) is 18.3 Å². The monoisotopic (exact) mass is 412 g/mol. The number of hydrogen-bond donors (Lipinski definition) is 1. The fourth-order valence-corrected chi connectivity index (χ4v) is 3.03. The highest BCUT2D eigenvalue weighted by Crippen LogP contribution is 2.29. The summed E-state index contributed by atoms with van der Waals surface area (Å²) >= 11 is 0. The molecule has 0 saturated heterocycles. The zero-order valence-corrected chi connectivity index (χ0v) is 15.7. The molecule has 7 nitrogen and oxygen atoms in total. The number of nitrogens with zero attached hydrogens (tertiary/aromatic N) is 5. The maximum Gasteiger partial charge on any atom is 0.393 e. The van der Waals surface area contributed by atoms with Gasteiger partial charge in [0.1, 0.15) is 5.56 Å². The summed E-state index contributed by atoms with van der Waals surface area (Å²) < 4.78 is 40.2. The normalized spacial score (nSPS) is 11.6. The Morgan fingerprint density at radius 1 is 1.10 bits per heavy atom. The molecule has 4 rings (SSSR count). The van der Waals surface area contributed by atoms with E-state index < -0.39 is 18.5 Å². The lowest BCUT2D eigenvalue weighted by molar-refractivity contribution is -0.127. The van der Waals surface area contributed by atoms with Crippen LogP contribution < -0.4 is 5.32 Å². The van der Waals surface area contributed by atoms with Crippen LogP contribution in [0.25, 0.3) is 16.9 Å². The minimum absolute atomic E-state index is 0.0994.